The Morgan fingerprint density at radius 2 is 1.82 bits per heavy atom. The maximum Gasteiger partial charge on any atom is 0.251 e. The summed E-state index contributed by atoms with van der Waals surface area (Å²) in [5.74, 6) is -0.399. The van der Waals surface area contributed by atoms with E-state index < -0.39 is 0 Å². The van der Waals surface area contributed by atoms with Gasteiger partial charge in [0.15, 0.2) is 0 Å². The van der Waals surface area contributed by atoms with Crippen LogP contribution in [0.15, 0.2) is 18.2 Å². The van der Waals surface area contributed by atoms with Crippen LogP contribution in [0, 0.1) is 13.8 Å². The summed E-state index contributed by atoms with van der Waals surface area (Å²) in [6.07, 6.45) is 0. The molecule has 0 bridgehead atoms. The summed E-state index contributed by atoms with van der Waals surface area (Å²) in [6, 6.07) is 5.48. The molecular weight excluding hydrogens is 216 g/mol. The molecule has 2 amide bonds. The normalized spacial score (nSPS) is 9.82. The second-order valence-corrected chi connectivity index (χ2v) is 3.94. The summed E-state index contributed by atoms with van der Waals surface area (Å²) in [5.41, 5.74) is 2.79. The molecule has 0 saturated heterocycles. The molecule has 1 aromatic carbocycles. The van der Waals surface area contributed by atoms with Gasteiger partial charge in [-0.25, -0.2) is 0 Å². The molecule has 17 heavy (non-hydrogen) atoms. The van der Waals surface area contributed by atoms with Crippen molar-refractivity contribution in [1.29, 1.82) is 0 Å². The van der Waals surface area contributed by atoms with Crippen LogP contribution < -0.4 is 10.6 Å². The van der Waals surface area contributed by atoms with Crippen molar-refractivity contribution < 1.29 is 9.59 Å². The molecule has 4 nitrogen and oxygen atoms in total. The van der Waals surface area contributed by atoms with Crippen molar-refractivity contribution >= 4 is 11.8 Å². The van der Waals surface area contributed by atoms with E-state index in [-0.39, 0.29) is 18.4 Å². The Kier molecular flexibility index (Phi) is 4.69. The van der Waals surface area contributed by atoms with Crippen molar-refractivity contribution in [2.45, 2.75) is 20.8 Å². The number of benzene rings is 1. The van der Waals surface area contributed by atoms with Crippen molar-refractivity contribution in [3.05, 3.63) is 34.9 Å². The van der Waals surface area contributed by atoms with Gasteiger partial charge in [-0.2, -0.15) is 0 Å². The van der Waals surface area contributed by atoms with E-state index in [1.54, 1.807) is 6.07 Å². The fourth-order valence-corrected chi connectivity index (χ4v) is 1.40. The third kappa shape index (κ3) is 3.90. The lowest BCUT2D eigenvalue weighted by molar-refractivity contribution is -0.120. The van der Waals surface area contributed by atoms with Crippen LogP contribution in [0.5, 0.6) is 0 Å². The monoisotopic (exact) mass is 234 g/mol. The first-order valence-electron chi connectivity index (χ1n) is 5.66. The van der Waals surface area contributed by atoms with Crippen LogP contribution >= 0.6 is 0 Å². The minimum Gasteiger partial charge on any atom is -0.355 e. The smallest absolute Gasteiger partial charge is 0.251 e. The van der Waals surface area contributed by atoms with E-state index in [2.05, 4.69) is 10.6 Å². The van der Waals surface area contributed by atoms with E-state index in [9.17, 15) is 9.59 Å². The highest BCUT2D eigenvalue weighted by Gasteiger charge is 2.07. The van der Waals surface area contributed by atoms with Crippen molar-refractivity contribution in [3.63, 3.8) is 0 Å². The van der Waals surface area contributed by atoms with Gasteiger partial charge in [0.2, 0.25) is 5.91 Å². The Morgan fingerprint density at radius 3 is 2.41 bits per heavy atom. The summed E-state index contributed by atoms with van der Waals surface area (Å²) in [4.78, 5) is 22.9. The Labute approximate surface area is 101 Å². The molecule has 0 atom stereocenters. The summed E-state index contributed by atoms with van der Waals surface area (Å²) >= 11 is 0. The molecule has 0 aliphatic heterocycles. The lowest BCUT2D eigenvalue weighted by Crippen LogP contribution is -2.36. The van der Waals surface area contributed by atoms with Crippen LogP contribution in [0.2, 0.25) is 0 Å². The molecule has 0 aliphatic carbocycles. The van der Waals surface area contributed by atoms with Crippen LogP contribution in [0.1, 0.15) is 28.4 Å². The minimum atomic E-state index is -0.223. The molecule has 1 rings (SSSR count). The molecule has 92 valence electrons. The molecule has 4 heteroatoms. The third-order valence-corrected chi connectivity index (χ3v) is 2.55. The molecule has 0 unspecified atom stereocenters. The summed E-state index contributed by atoms with van der Waals surface area (Å²) < 4.78 is 0. The minimum absolute atomic E-state index is 0.0135. The number of carbonyl (C=O) groups is 2. The van der Waals surface area contributed by atoms with E-state index in [1.807, 2.05) is 32.9 Å². The van der Waals surface area contributed by atoms with E-state index in [1.165, 1.54) is 0 Å². The summed E-state index contributed by atoms with van der Waals surface area (Å²) in [7, 11) is 0. The van der Waals surface area contributed by atoms with E-state index in [0.717, 1.165) is 11.1 Å². The number of hydrogen-bond acceptors (Lipinski definition) is 2. The zero-order chi connectivity index (χ0) is 12.8. The standard InChI is InChI=1S/C13H18N2O2/c1-4-14-12(16)8-15-13(17)11-6-5-9(2)10(3)7-11/h5-7H,4,8H2,1-3H3,(H,14,16)(H,15,17). The molecule has 0 heterocycles. The van der Waals surface area contributed by atoms with Gasteiger partial charge >= 0.3 is 0 Å². The fraction of sp³-hybridized carbons (Fsp3) is 0.385. The van der Waals surface area contributed by atoms with Crippen LogP contribution in [-0.2, 0) is 4.79 Å². The lowest BCUT2D eigenvalue weighted by atomic mass is 10.1. The predicted octanol–water partition coefficient (Wildman–Crippen LogP) is 1.17. The van der Waals surface area contributed by atoms with Gasteiger partial charge in [0.05, 0.1) is 6.54 Å². The molecule has 0 aliphatic rings. The zero-order valence-electron chi connectivity index (χ0n) is 10.5. The average molecular weight is 234 g/mol. The Balaban J connectivity index is 2.58. The molecule has 2 N–H and O–H groups in total. The van der Waals surface area contributed by atoms with Gasteiger partial charge in [-0.05, 0) is 44.0 Å². The van der Waals surface area contributed by atoms with Crippen LogP contribution in [0.3, 0.4) is 0 Å². The number of hydrogen-bond donors (Lipinski definition) is 2. The Hall–Kier alpha value is -1.84. The molecular formula is C13H18N2O2. The van der Waals surface area contributed by atoms with Gasteiger partial charge in [0.25, 0.3) is 5.91 Å². The Bertz CT molecular complexity index is 427. The number of amides is 2. The van der Waals surface area contributed by atoms with Crippen LogP contribution in [0.4, 0.5) is 0 Å². The molecule has 0 radical (unpaired) electrons. The summed E-state index contributed by atoms with van der Waals surface area (Å²) in [5, 5.41) is 5.20. The highest BCUT2D eigenvalue weighted by atomic mass is 16.2. The van der Waals surface area contributed by atoms with Crippen molar-refractivity contribution in [2.24, 2.45) is 0 Å². The largest absolute Gasteiger partial charge is 0.355 e. The van der Waals surface area contributed by atoms with Crippen molar-refractivity contribution in [3.8, 4) is 0 Å². The van der Waals surface area contributed by atoms with Gasteiger partial charge in [0, 0.05) is 12.1 Å². The predicted molar refractivity (Wildman–Crippen MR) is 66.9 cm³/mol. The van der Waals surface area contributed by atoms with Crippen molar-refractivity contribution in [1.82, 2.24) is 10.6 Å². The van der Waals surface area contributed by atoms with Gasteiger partial charge in [-0.15, -0.1) is 0 Å². The van der Waals surface area contributed by atoms with Gasteiger partial charge in [-0.1, -0.05) is 6.07 Å². The van der Waals surface area contributed by atoms with Crippen LogP contribution in [-0.4, -0.2) is 24.9 Å². The van der Waals surface area contributed by atoms with E-state index in [0.29, 0.717) is 12.1 Å². The molecule has 0 aromatic heterocycles. The first-order chi connectivity index (χ1) is 8.04. The van der Waals surface area contributed by atoms with E-state index in [4.69, 9.17) is 0 Å². The second-order valence-electron chi connectivity index (χ2n) is 3.94. The number of likely N-dealkylation sites (N-methyl/N-ethyl adjacent to an activating group) is 1. The number of carbonyl (C=O) groups excluding carboxylic acids is 2. The second kappa shape index (κ2) is 6.03. The van der Waals surface area contributed by atoms with Gasteiger partial charge < -0.3 is 10.6 Å². The molecule has 0 fully saturated rings. The fourth-order valence-electron chi connectivity index (χ4n) is 1.40. The molecule has 0 saturated carbocycles. The lowest BCUT2D eigenvalue weighted by Gasteiger charge is -2.07. The topological polar surface area (TPSA) is 58.2 Å². The zero-order valence-corrected chi connectivity index (χ0v) is 10.5. The molecule has 0 spiro atoms. The van der Waals surface area contributed by atoms with Gasteiger partial charge in [0.1, 0.15) is 0 Å². The average Bonchev–Trinajstić information content (AvgIpc) is 2.30. The third-order valence-electron chi connectivity index (χ3n) is 2.55. The first-order valence-corrected chi connectivity index (χ1v) is 5.66. The highest BCUT2D eigenvalue weighted by Crippen LogP contribution is 2.09. The molecule has 1 aromatic rings. The highest BCUT2D eigenvalue weighted by molar-refractivity contribution is 5.96. The van der Waals surface area contributed by atoms with Gasteiger partial charge in [-0.3, -0.25) is 9.59 Å². The maximum absolute atomic E-state index is 11.7. The van der Waals surface area contributed by atoms with Crippen LogP contribution in [0.25, 0.3) is 0 Å². The SMILES string of the molecule is CCNC(=O)CNC(=O)c1ccc(C)c(C)c1. The summed E-state index contributed by atoms with van der Waals surface area (Å²) in [6.45, 7) is 6.36. The number of nitrogens with one attached hydrogen (secondary N) is 2. The Morgan fingerprint density at radius 1 is 1.12 bits per heavy atom. The quantitative estimate of drug-likeness (QED) is 0.821. The number of aryl methyl sites for hydroxylation is 2. The number of rotatable bonds is 4. The first kappa shape index (κ1) is 13.2. The van der Waals surface area contributed by atoms with Crippen molar-refractivity contribution in [2.75, 3.05) is 13.1 Å². The maximum atomic E-state index is 11.7. The van der Waals surface area contributed by atoms with E-state index >= 15 is 0 Å².